The van der Waals surface area contributed by atoms with Gasteiger partial charge < -0.3 is 10.1 Å². The SMILES string of the molecule is CNCc1c(C)nn(C)c1Oc1cc([N+](=O)[O-])ccc1Cl. The summed E-state index contributed by atoms with van der Waals surface area (Å²) >= 11 is 6.05. The van der Waals surface area contributed by atoms with E-state index in [1.54, 1.807) is 11.7 Å². The van der Waals surface area contributed by atoms with Gasteiger partial charge in [-0.1, -0.05) is 11.6 Å². The van der Waals surface area contributed by atoms with Crippen molar-refractivity contribution in [2.24, 2.45) is 7.05 Å². The smallest absolute Gasteiger partial charge is 0.273 e. The van der Waals surface area contributed by atoms with Gasteiger partial charge in [0.1, 0.15) is 0 Å². The minimum atomic E-state index is -0.494. The molecule has 1 aromatic carbocycles. The first-order valence-electron chi connectivity index (χ1n) is 6.23. The summed E-state index contributed by atoms with van der Waals surface area (Å²) in [5.41, 5.74) is 1.62. The number of non-ortho nitro benzene ring substituents is 1. The summed E-state index contributed by atoms with van der Waals surface area (Å²) in [4.78, 5) is 10.3. The van der Waals surface area contributed by atoms with Gasteiger partial charge in [-0.15, -0.1) is 0 Å². The number of rotatable bonds is 5. The van der Waals surface area contributed by atoms with E-state index in [1.165, 1.54) is 18.2 Å². The predicted octanol–water partition coefficient (Wildman–Crippen LogP) is 2.80. The summed E-state index contributed by atoms with van der Waals surface area (Å²) in [6, 6.07) is 4.07. The number of nitro groups is 1. The molecule has 0 amide bonds. The number of aromatic nitrogens is 2. The van der Waals surface area contributed by atoms with Crippen LogP contribution in [-0.2, 0) is 13.6 Å². The number of benzene rings is 1. The van der Waals surface area contributed by atoms with Crippen LogP contribution in [0.15, 0.2) is 18.2 Å². The summed E-state index contributed by atoms with van der Waals surface area (Å²) in [5.74, 6) is 0.732. The van der Waals surface area contributed by atoms with E-state index < -0.39 is 4.92 Å². The normalized spacial score (nSPS) is 10.7. The third-order valence-corrected chi connectivity index (χ3v) is 3.29. The fraction of sp³-hybridized carbons (Fsp3) is 0.308. The Labute approximate surface area is 126 Å². The van der Waals surface area contributed by atoms with Gasteiger partial charge in [0.2, 0.25) is 5.88 Å². The van der Waals surface area contributed by atoms with Gasteiger partial charge in [0.15, 0.2) is 5.75 Å². The third kappa shape index (κ3) is 3.14. The van der Waals surface area contributed by atoms with Crippen molar-refractivity contribution < 1.29 is 9.66 Å². The van der Waals surface area contributed by atoms with Crippen molar-refractivity contribution in [2.75, 3.05) is 7.05 Å². The topological polar surface area (TPSA) is 82.2 Å². The number of halogens is 1. The van der Waals surface area contributed by atoms with Crippen LogP contribution in [0.5, 0.6) is 11.6 Å². The Hall–Kier alpha value is -2.12. The van der Waals surface area contributed by atoms with Crippen LogP contribution < -0.4 is 10.1 Å². The van der Waals surface area contributed by atoms with Gasteiger partial charge in [-0.3, -0.25) is 10.1 Å². The molecule has 2 rings (SSSR count). The molecule has 2 aromatic rings. The number of hydrogen-bond donors (Lipinski definition) is 1. The zero-order chi connectivity index (χ0) is 15.6. The van der Waals surface area contributed by atoms with Crippen LogP contribution in [0, 0.1) is 17.0 Å². The summed E-state index contributed by atoms with van der Waals surface area (Å²) in [5, 5.41) is 18.5. The molecule has 0 radical (unpaired) electrons. The van der Waals surface area contributed by atoms with Crippen LogP contribution in [0.2, 0.25) is 5.02 Å². The summed E-state index contributed by atoms with van der Waals surface area (Å²) < 4.78 is 7.34. The summed E-state index contributed by atoms with van der Waals surface area (Å²) in [6.07, 6.45) is 0. The second kappa shape index (κ2) is 6.11. The standard InChI is InChI=1S/C13H15ClN4O3/c1-8-10(7-15-2)13(17(3)16-8)21-12-6-9(18(19)20)4-5-11(12)14/h4-6,15H,7H2,1-3H3. The molecule has 8 heteroatoms. The van der Waals surface area contributed by atoms with Gasteiger partial charge in [0, 0.05) is 19.7 Å². The van der Waals surface area contributed by atoms with Gasteiger partial charge in [0.25, 0.3) is 5.69 Å². The molecular formula is C13H15ClN4O3. The van der Waals surface area contributed by atoms with Crippen molar-refractivity contribution >= 4 is 17.3 Å². The van der Waals surface area contributed by atoms with Crippen molar-refractivity contribution in [2.45, 2.75) is 13.5 Å². The van der Waals surface area contributed by atoms with Crippen LogP contribution >= 0.6 is 11.6 Å². The molecule has 0 aliphatic heterocycles. The molecule has 0 spiro atoms. The van der Waals surface area contributed by atoms with Crippen LogP contribution in [-0.4, -0.2) is 21.8 Å². The lowest BCUT2D eigenvalue weighted by Gasteiger charge is -2.10. The lowest BCUT2D eigenvalue weighted by molar-refractivity contribution is -0.384. The quantitative estimate of drug-likeness (QED) is 0.678. The van der Waals surface area contributed by atoms with Crippen LogP contribution in [0.25, 0.3) is 0 Å². The highest BCUT2D eigenvalue weighted by molar-refractivity contribution is 6.32. The first-order valence-corrected chi connectivity index (χ1v) is 6.60. The molecule has 0 fully saturated rings. The third-order valence-electron chi connectivity index (χ3n) is 2.97. The largest absolute Gasteiger partial charge is 0.437 e. The number of hydrogen-bond acceptors (Lipinski definition) is 5. The summed E-state index contributed by atoms with van der Waals surface area (Å²) in [6.45, 7) is 2.44. The van der Waals surface area contributed by atoms with E-state index in [4.69, 9.17) is 16.3 Å². The predicted molar refractivity (Wildman–Crippen MR) is 78.9 cm³/mol. The first-order chi connectivity index (χ1) is 9.93. The minimum absolute atomic E-state index is 0.0801. The van der Waals surface area contributed by atoms with Crippen molar-refractivity contribution in [3.63, 3.8) is 0 Å². The molecule has 1 N–H and O–H groups in total. The molecular weight excluding hydrogens is 296 g/mol. The molecule has 1 heterocycles. The van der Waals surface area contributed by atoms with Crippen molar-refractivity contribution in [3.05, 3.63) is 44.6 Å². The Balaban J connectivity index is 2.42. The van der Waals surface area contributed by atoms with E-state index in [-0.39, 0.29) is 11.4 Å². The average molecular weight is 311 g/mol. The highest BCUT2D eigenvalue weighted by Crippen LogP contribution is 2.34. The maximum atomic E-state index is 10.8. The Morgan fingerprint density at radius 1 is 1.52 bits per heavy atom. The molecule has 112 valence electrons. The molecule has 0 saturated heterocycles. The average Bonchev–Trinajstić information content (AvgIpc) is 2.68. The first kappa shape index (κ1) is 15.3. The monoisotopic (exact) mass is 310 g/mol. The summed E-state index contributed by atoms with van der Waals surface area (Å²) in [7, 11) is 3.56. The zero-order valence-corrected chi connectivity index (χ0v) is 12.6. The lowest BCUT2D eigenvalue weighted by atomic mass is 10.2. The second-order valence-corrected chi connectivity index (χ2v) is 4.90. The Morgan fingerprint density at radius 2 is 2.24 bits per heavy atom. The number of ether oxygens (including phenoxy) is 1. The van der Waals surface area contributed by atoms with Crippen LogP contribution in [0.3, 0.4) is 0 Å². The van der Waals surface area contributed by atoms with Gasteiger partial charge in [0.05, 0.1) is 27.3 Å². The van der Waals surface area contributed by atoms with Crippen LogP contribution in [0.4, 0.5) is 5.69 Å². The fourth-order valence-corrected chi connectivity index (χ4v) is 2.13. The van der Waals surface area contributed by atoms with E-state index >= 15 is 0 Å². The highest BCUT2D eigenvalue weighted by atomic mass is 35.5. The molecule has 0 saturated carbocycles. The highest BCUT2D eigenvalue weighted by Gasteiger charge is 2.18. The van der Waals surface area contributed by atoms with Crippen molar-refractivity contribution in [1.82, 2.24) is 15.1 Å². The van der Waals surface area contributed by atoms with Crippen LogP contribution in [0.1, 0.15) is 11.3 Å². The van der Waals surface area contributed by atoms with Gasteiger partial charge in [-0.25, -0.2) is 4.68 Å². The molecule has 0 unspecified atom stereocenters. The number of nitro benzene ring substituents is 1. The number of aryl methyl sites for hydroxylation is 2. The molecule has 21 heavy (non-hydrogen) atoms. The second-order valence-electron chi connectivity index (χ2n) is 4.50. The molecule has 0 atom stereocenters. The molecule has 1 aromatic heterocycles. The molecule has 0 aliphatic carbocycles. The lowest BCUT2D eigenvalue weighted by Crippen LogP contribution is -2.07. The molecule has 0 aliphatic rings. The van der Waals surface area contributed by atoms with Gasteiger partial charge >= 0.3 is 0 Å². The van der Waals surface area contributed by atoms with E-state index in [0.29, 0.717) is 17.4 Å². The zero-order valence-electron chi connectivity index (χ0n) is 11.9. The Bertz CT molecular complexity index is 684. The number of nitrogens with zero attached hydrogens (tertiary/aromatic N) is 3. The van der Waals surface area contributed by atoms with Crippen molar-refractivity contribution in [3.8, 4) is 11.6 Å². The van der Waals surface area contributed by atoms with E-state index in [1.807, 2.05) is 14.0 Å². The Morgan fingerprint density at radius 3 is 2.86 bits per heavy atom. The van der Waals surface area contributed by atoms with E-state index in [0.717, 1.165) is 11.3 Å². The molecule has 0 bridgehead atoms. The van der Waals surface area contributed by atoms with E-state index in [9.17, 15) is 10.1 Å². The maximum absolute atomic E-state index is 10.8. The molecule has 7 nitrogen and oxygen atoms in total. The maximum Gasteiger partial charge on any atom is 0.273 e. The van der Waals surface area contributed by atoms with E-state index in [2.05, 4.69) is 10.4 Å². The fourth-order valence-electron chi connectivity index (χ4n) is 1.98. The van der Waals surface area contributed by atoms with Gasteiger partial charge in [-0.05, 0) is 20.0 Å². The van der Waals surface area contributed by atoms with Gasteiger partial charge in [-0.2, -0.15) is 5.10 Å². The van der Waals surface area contributed by atoms with Crippen molar-refractivity contribution in [1.29, 1.82) is 0 Å². The number of nitrogens with one attached hydrogen (secondary N) is 1. The Kier molecular flexibility index (Phi) is 4.44. The minimum Gasteiger partial charge on any atom is -0.437 e.